The van der Waals surface area contributed by atoms with E-state index in [0.717, 1.165) is 25.1 Å². The van der Waals surface area contributed by atoms with Gasteiger partial charge in [0.15, 0.2) is 0 Å². The number of benzene rings is 1. The van der Waals surface area contributed by atoms with E-state index in [-0.39, 0.29) is 11.6 Å². The van der Waals surface area contributed by atoms with E-state index >= 15 is 0 Å². The highest BCUT2D eigenvalue weighted by molar-refractivity contribution is 7.10. The van der Waals surface area contributed by atoms with Gasteiger partial charge in [-0.15, -0.1) is 11.3 Å². The SMILES string of the molecule is O=C(NCC(c1ccc(Cl)cc1)N1CCc2sccc2C1)c1ccc(-c2ccco2)[nH]c1=O. The van der Waals surface area contributed by atoms with Crippen molar-refractivity contribution in [2.75, 3.05) is 13.1 Å². The van der Waals surface area contributed by atoms with Gasteiger partial charge in [-0.05, 0) is 65.4 Å². The van der Waals surface area contributed by atoms with E-state index in [0.29, 0.717) is 23.0 Å². The Morgan fingerprint density at radius 1 is 1.18 bits per heavy atom. The lowest BCUT2D eigenvalue weighted by molar-refractivity contribution is 0.0926. The number of hydrogen-bond acceptors (Lipinski definition) is 5. The van der Waals surface area contributed by atoms with Gasteiger partial charge < -0.3 is 14.7 Å². The van der Waals surface area contributed by atoms with Crippen molar-refractivity contribution < 1.29 is 9.21 Å². The van der Waals surface area contributed by atoms with Crippen LogP contribution in [-0.4, -0.2) is 28.9 Å². The number of rotatable bonds is 6. The Labute approximate surface area is 199 Å². The first-order valence-electron chi connectivity index (χ1n) is 10.7. The molecule has 1 aliphatic rings. The van der Waals surface area contributed by atoms with Crippen molar-refractivity contribution in [1.29, 1.82) is 0 Å². The number of H-pyrrole nitrogens is 1. The normalized spacial score (nSPS) is 14.6. The minimum Gasteiger partial charge on any atom is -0.463 e. The van der Waals surface area contributed by atoms with Crippen molar-refractivity contribution in [3.63, 3.8) is 0 Å². The number of halogens is 1. The monoisotopic (exact) mass is 479 g/mol. The molecule has 0 bridgehead atoms. The molecule has 4 heterocycles. The molecule has 33 heavy (non-hydrogen) atoms. The minimum absolute atomic E-state index is 0.0410. The number of amides is 1. The lowest BCUT2D eigenvalue weighted by Crippen LogP contribution is -2.41. The average Bonchev–Trinajstić information content (AvgIpc) is 3.52. The lowest BCUT2D eigenvalue weighted by atomic mass is 10.0. The smallest absolute Gasteiger partial charge is 0.261 e. The van der Waals surface area contributed by atoms with E-state index in [4.69, 9.17) is 16.0 Å². The molecular weight excluding hydrogens is 458 g/mol. The molecule has 6 nitrogen and oxygen atoms in total. The van der Waals surface area contributed by atoms with Crippen LogP contribution < -0.4 is 10.9 Å². The van der Waals surface area contributed by atoms with E-state index < -0.39 is 11.5 Å². The second-order valence-corrected chi connectivity index (χ2v) is 9.40. The number of aromatic nitrogens is 1. The maximum Gasteiger partial charge on any atom is 0.261 e. The molecule has 8 heteroatoms. The van der Waals surface area contributed by atoms with Crippen LogP contribution in [0.2, 0.25) is 5.02 Å². The Bertz CT molecular complexity index is 1310. The summed E-state index contributed by atoms with van der Waals surface area (Å²) >= 11 is 7.90. The second-order valence-electron chi connectivity index (χ2n) is 7.96. The van der Waals surface area contributed by atoms with E-state index in [1.807, 2.05) is 24.3 Å². The number of nitrogens with zero attached hydrogens (tertiary/aromatic N) is 1. The van der Waals surface area contributed by atoms with Gasteiger partial charge in [0.1, 0.15) is 11.3 Å². The van der Waals surface area contributed by atoms with Crippen LogP contribution in [0.25, 0.3) is 11.5 Å². The summed E-state index contributed by atoms with van der Waals surface area (Å²) in [4.78, 5) is 32.0. The van der Waals surface area contributed by atoms with Crippen LogP contribution in [0.15, 0.2) is 75.5 Å². The first kappa shape index (κ1) is 21.7. The van der Waals surface area contributed by atoms with Crippen molar-refractivity contribution in [3.05, 3.63) is 103 Å². The van der Waals surface area contributed by atoms with Gasteiger partial charge in [0, 0.05) is 29.5 Å². The Balaban J connectivity index is 1.34. The molecule has 0 saturated heterocycles. The molecule has 0 radical (unpaired) electrons. The summed E-state index contributed by atoms with van der Waals surface area (Å²) in [6, 6.07) is 16.5. The van der Waals surface area contributed by atoms with Crippen LogP contribution in [0.4, 0.5) is 0 Å². The lowest BCUT2D eigenvalue weighted by Gasteiger charge is -2.35. The fourth-order valence-corrected chi connectivity index (χ4v) is 5.21. The number of fused-ring (bicyclic) bond motifs is 1. The molecule has 0 spiro atoms. The number of carbonyl (C=O) groups is 1. The Morgan fingerprint density at radius 2 is 2.03 bits per heavy atom. The minimum atomic E-state index is -0.453. The molecule has 168 valence electrons. The van der Waals surface area contributed by atoms with Crippen molar-refractivity contribution in [3.8, 4) is 11.5 Å². The molecule has 1 unspecified atom stereocenters. The number of hydrogen-bond donors (Lipinski definition) is 2. The zero-order chi connectivity index (χ0) is 22.8. The molecule has 1 aliphatic heterocycles. The summed E-state index contributed by atoms with van der Waals surface area (Å²) in [6.07, 6.45) is 2.52. The van der Waals surface area contributed by atoms with Crippen LogP contribution >= 0.6 is 22.9 Å². The molecule has 2 N–H and O–H groups in total. The third-order valence-corrected chi connectivity index (χ3v) is 7.20. The van der Waals surface area contributed by atoms with Crippen molar-refractivity contribution in [2.24, 2.45) is 0 Å². The van der Waals surface area contributed by atoms with Gasteiger partial charge in [0.2, 0.25) is 0 Å². The van der Waals surface area contributed by atoms with Crippen molar-refractivity contribution in [1.82, 2.24) is 15.2 Å². The number of pyridine rings is 1. The van der Waals surface area contributed by atoms with E-state index in [9.17, 15) is 9.59 Å². The number of nitrogens with one attached hydrogen (secondary N) is 2. The predicted octanol–water partition coefficient (Wildman–Crippen LogP) is 4.88. The summed E-state index contributed by atoms with van der Waals surface area (Å²) in [5, 5.41) is 5.77. The molecule has 1 amide bonds. The quantitative estimate of drug-likeness (QED) is 0.413. The zero-order valence-corrected chi connectivity index (χ0v) is 19.3. The van der Waals surface area contributed by atoms with Crippen LogP contribution in [0.1, 0.15) is 32.4 Å². The maximum absolute atomic E-state index is 12.9. The number of furan rings is 1. The van der Waals surface area contributed by atoms with E-state index in [2.05, 4.69) is 26.6 Å². The van der Waals surface area contributed by atoms with Crippen molar-refractivity contribution in [2.45, 2.75) is 19.0 Å². The maximum atomic E-state index is 12.9. The molecule has 1 atom stereocenters. The predicted molar refractivity (Wildman–Crippen MR) is 130 cm³/mol. The topological polar surface area (TPSA) is 78.3 Å². The van der Waals surface area contributed by atoms with E-state index in [1.54, 1.807) is 29.5 Å². The molecular formula is C25H22ClN3O3S. The van der Waals surface area contributed by atoms with Gasteiger partial charge in [-0.1, -0.05) is 23.7 Å². The van der Waals surface area contributed by atoms with Gasteiger partial charge >= 0.3 is 0 Å². The summed E-state index contributed by atoms with van der Waals surface area (Å²) in [6.45, 7) is 2.09. The summed E-state index contributed by atoms with van der Waals surface area (Å²) < 4.78 is 5.31. The fraction of sp³-hybridized carbons (Fsp3) is 0.200. The molecule has 0 saturated carbocycles. The zero-order valence-electron chi connectivity index (χ0n) is 17.7. The van der Waals surface area contributed by atoms with Gasteiger partial charge in [-0.2, -0.15) is 0 Å². The highest BCUT2D eigenvalue weighted by Gasteiger charge is 2.26. The summed E-state index contributed by atoms with van der Waals surface area (Å²) in [5.41, 5.74) is 2.55. The van der Waals surface area contributed by atoms with Crippen LogP contribution in [-0.2, 0) is 13.0 Å². The van der Waals surface area contributed by atoms with Crippen LogP contribution in [0, 0.1) is 0 Å². The Kier molecular flexibility index (Phi) is 6.17. The molecule has 0 aliphatic carbocycles. The van der Waals surface area contributed by atoms with Crippen LogP contribution in [0.5, 0.6) is 0 Å². The first-order chi connectivity index (χ1) is 16.1. The Hall–Kier alpha value is -3.13. The molecule has 3 aromatic heterocycles. The highest BCUT2D eigenvalue weighted by Crippen LogP contribution is 2.30. The van der Waals surface area contributed by atoms with Gasteiger partial charge in [0.05, 0.1) is 18.0 Å². The molecule has 4 aromatic rings. The third-order valence-electron chi connectivity index (χ3n) is 5.93. The van der Waals surface area contributed by atoms with Crippen molar-refractivity contribution >= 4 is 28.8 Å². The highest BCUT2D eigenvalue weighted by atomic mass is 35.5. The van der Waals surface area contributed by atoms with Gasteiger partial charge in [-0.3, -0.25) is 14.5 Å². The molecule has 1 aromatic carbocycles. The standard InChI is InChI=1S/C25H22ClN3O3S/c26-18-5-3-16(4-6-18)21(29-11-9-23-17(15-29)10-13-33-23)14-27-24(30)19-7-8-20(28-25(19)31)22-2-1-12-32-22/h1-8,10,12-13,21H,9,11,14-15H2,(H,27,30)(H,28,31). The average molecular weight is 480 g/mol. The van der Waals surface area contributed by atoms with Crippen LogP contribution in [0.3, 0.4) is 0 Å². The van der Waals surface area contributed by atoms with Gasteiger partial charge in [-0.25, -0.2) is 0 Å². The number of carbonyl (C=O) groups excluding carboxylic acids is 1. The number of thiophene rings is 1. The summed E-state index contributed by atoms with van der Waals surface area (Å²) in [7, 11) is 0. The molecule has 0 fully saturated rings. The first-order valence-corrected chi connectivity index (χ1v) is 11.9. The number of aromatic amines is 1. The molecule has 5 rings (SSSR count). The largest absolute Gasteiger partial charge is 0.463 e. The van der Waals surface area contributed by atoms with Gasteiger partial charge in [0.25, 0.3) is 11.5 Å². The third kappa shape index (κ3) is 4.66. The second kappa shape index (κ2) is 9.39. The van der Waals surface area contributed by atoms with E-state index in [1.165, 1.54) is 22.8 Å². The Morgan fingerprint density at radius 3 is 2.79 bits per heavy atom. The summed E-state index contributed by atoms with van der Waals surface area (Å²) in [5.74, 6) is 0.134. The fourth-order valence-electron chi connectivity index (χ4n) is 4.19.